The predicted octanol–water partition coefficient (Wildman–Crippen LogP) is 0.199. The number of aryl methyl sites for hydroxylation is 1. The van der Waals surface area contributed by atoms with Gasteiger partial charge in [0, 0.05) is 12.7 Å². The molecule has 6 nitrogen and oxygen atoms in total. The third-order valence-corrected chi connectivity index (χ3v) is 2.12. The van der Waals surface area contributed by atoms with E-state index >= 15 is 0 Å². The molecule has 0 aliphatic heterocycles. The molecule has 0 fully saturated rings. The van der Waals surface area contributed by atoms with E-state index in [-0.39, 0.29) is 18.7 Å². The predicted molar refractivity (Wildman–Crippen MR) is 52.6 cm³/mol. The van der Waals surface area contributed by atoms with Crippen molar-refractivity contribution in [2.24, 2.45) is 0 Å². The van der Waals surface area contributed by atoms with Crippen molar-refractivity contribution in [2.75, 3.05) is 0 Å². The molecule has 0 atom stereocenters. The van der Waals surface area contributed by atoms with Crippen LogP contribution in [0.4, 0.5) is 0 Å². The number of carbonyl (C=O) groups is 1. The second-order valence-corrected chi connectivity index (χ2v) is 3.12. The molecule has 15 heavy (non-hydrogen) atoms. The molecule has 6 heteroatoms. The van der Waals surface area contributed by atoms with E-state index in [1.54, 1.807) is 12.3 Å². The van der Waals surface area contributed by atoms with E-state index < -0.39 is 5.97 Å². The van der Waals surface area contributed by atoms with Crippen LogP contribution in [0.15, 0.2) is 23.3 Å². The fraction of sp³-hybridized carbons (Fsp3) is 0.222. The Morgan fingerprint density at radius 1 is 1.60 bits per heavy atom. The molecule has 0 saturated carbocycles. The fourth-order valence-electron chi connectivity index (χ4n) is 1.44. The first-order chi connectivity index (χ1) is 7.18. The van der Waals surface area contributed by atoms with Gasteiger partial charge in [-0.3, -0.25) is 14.3 Å². The Morgan fingerprint density at radius 2 is 2.40 bits per heavy atom. The van der Waals surface area contributed by atoms with Gasteiger partial charge in [-0.05, 0) is 6.07 Å². The van der Waals surface area contributed by atoms with E-state index in [2.05, 4.69) is 9.97 Å². The van der Waals surface area contributed by atoms with Gasteiger partial charge >= 0.3 is 11.7 Å². The SMILES string of the molecule is O=C(O)CCn1c(=O)[nH]c2cnccc21. The summed E-state index contributed by atoms with van der Waals surface area (Å²) in [6.07, 6.45) is 3.02. The van der Waals surface area contributed by atoms with Crippen LogP contribution in [0, 0.1) is 0 Å². The van der Waals surface area contributed by atoms with Crippen molar-refractivity contribution in [1.82, 2.24) is 14.5 Å². The number of hydrogen-bond donors (Lipinski definition) is 2. The van der Waals surface area contributed by atoms with E-state index in [0.717, 1.165) is 0 Å². The third kappa shape index (κ3) is 1.74. The number of carboxylic acid groups (broad SMARTS) is 1. The largest absolute Gasteiger partial charge is 0.481 e. The Labute approximate surface area is 84.2 Å². The summed E-state index contributed by atoms with van der Waals surface area (Å²) >= 11 is 0. The summed E-state index contributed by atoms with van der Waals surface area (Å²) in [5.41, 5.74) is 0.989. The molecule has 2 heterocycles. The van der Waals surface area contributed by atoms with Crippen LogP contribution in [0.5, 0.6) is 0 Å². The van der Waals surface area contributed by atoms with Crippen molar-refractivity contribution in [3.8, 4) is 0 Å². The number of nitrogens with zero attached hydrogens (tertiary/aromatic N) is 2. The van der Waals surface area contributed by atoms with Crippen molar-refractivity contribution in [3.05, 3.63) is 28.9 Å². The highest BCUT2D eigenvalue weighted by Gasteiger charge is 2.07. The number of carboxylic acids is 1. The summed E-state index contributed by atoms with van der Waals surface area (Å²) in [4.78, 5) is 28.3. The minimum Gasteiger partial charge on any atom is -0.481 e. The molecule has 0 saturated heterocycles. The summed E-state index contributed by atoms with van der Waals surface area (Å²) in [6, 6.07) is 1.68. The molecule has 2 aromatic heterocycles. The summed E-state index contributed by atoms with van der Waals surface area (Å²) in [5, 5.41) is 8.54. The number of pyridine rings is 1. The lowest BCUT2D eigenvalue weighted by atomic mass is 10.4. The topological polar surface area (TPSA) is 88.0 Å². The van der Waals surface area contributed by atoms with Gasteiger partial charge in [-0.15, -0.1) is 0 Å². The van der Waals surface area contributed by atoms with E-state index in [4.69, 9.17) is 5.11 Å². The number of hydrogen-bond acceptors (Lipinski definition) is 3. The first kappa shape index (κ1) is 9.45. The lowest BCUT2D eigenvalue weighted by Crippen LogP contribution is -2.18. The smallest absolute Gasteiger partial charge is 0.326 e. The summed E-state index contributed by atoms with van der Waals surface area (Å²) in [7, 11) is 0. The number of imidazole rings is 1. The van der Waals surface area contributed by atoms with Crippen LogP contribution in [-0.4, -0.2) is 25.6 Å². The van der Waals surface area contributed by atoms with Crippen LogP contribution in [0.1, 0.15) is 6.42 Å². The van der Waals surface area contributed by atoms with E-state index in [1.165, 1.54) is 10.8 Å². The average molecular weight is 207 g/mol. The van der Waals surface area contributed by atoms with Crippen LogP contribution in [0.3, 0.4) is 0 Å². The van der Waals surface area contributed by atoms with Gasteiger partial charge in [0.2, 0.25) is 0 Å². The zero-order valence-electron chi connectivity index (χ0n) is 7.80. The maximum atomic E-state index is 11.4. The van der Waals surface area contributed by atoms with E-state index in [0.29, 0.717) is 11.0 Å². The van der Waals surface area contributed by atoms with Gasteiger partial charge in [0.05, 0.1) is 23.7 Å². The summed E-state index contributed by atoms with van der Waals surface area (Å²) in [6.45, 7) is 0.165. The quantitative estimate of drug-likeness (QED) is 0.752. The summed E-state index contributed by atoms with van der Waals surface area (Å²) < 4.78 is 1.39. The van der Waals surface area contributed by atoms with E-state index in [9.17, 15) is 9.59 Å². The monoisotopic (exact) mass is 207 g/mol. The average Bonchev–Trinajstić information content (AvgIpc) is 2.50. The molecule has 0 aromatic carbocycles. The Balaban J connectivity index is 2.45. The van der Waals surface area contributed by atoms with Crippen molar-refractivity contribution in [3.63, 3.8) is 0 Å². The fourth-order valence-corrected chi connectivity index (χ4v) is 1.44. The highest BCUT2D eigenvalue weighted by atomic mass is 16.4. The highest BCUT2D eigenvalue weighted by Crippen LogP contribution is 2.07. The number of aromatic nitrogens is 3. The molecule has 2 N–H and O–H groups in total. The molecule has 2 aromatic rings. The molecule has 0 radical (unpaired) electrons. The molecule has 0 spiro atoms. The van der Waals surface area contributed by atoms with Crippen LogP contribution < -0.4 is 5.69 Å². The first-order valence-corrected chi connectivity index (χ1v) is 4.43. The normalized spacial score (nSPS) is 10.7. The molecule has 78 valence electrons. The van der Waals surface area contributed by atoms with Crippen molar-refractivity contribution in [1.29, 1.82) is 0 Å². The zero-order chi connectivity index (χ0) is 10.8. The molecule has 2 rings (SSSR count). The molecular formula is C9H9N3O3. The van der Waals surface area contributed by atoms with E-state index in [1.807, 2.05) is 0 Å². The zero-order valence-corrected chi connectivity index (χ0v) is 7.80. The number of nitrogens with one attached hydrogen (secondary N) is 1. The van der Waals surface area contributed by atoms with Crippen molar-refractivity contribution in [2.45, 2.75) is 13.0 Å². The molecule has 0 unspecified atom stereocenters. The number of fused-ring (bicyclic) bond motifs is 1. The van der Waals surface area contributed by atoms with Gasteiger partial charge in [-0.1, -0.05) is 0 Å². The second-order valence-electron chi connectivity index (χ2n) is 3.12. The first-order valence-electron chi connectivity index (χ1n) is 4.43. The lowest BCUT2D eigenvalue weighted by Gasteiger charge is -1.99. The van der Waals surface area contributed by atoms with Crippen LogP contribution in [0.2, 0.25) is 0 Å². The maximum absolute atomic E-state index is 11.4. The van der Waals surface area contributed by atoms with Gasteiger partial charge in [-0.25, -0.2) is 4.79 Å². The molecule has 0 aliphatic carbocycles. The van der Waals surface area contributed by atoms with Crippen molar-refractivity contribution >= 4 is 17.0 Å². The second kappa shape index (κ2) is 3.56. The minimum atomic E-state index is -0.926. The number of H-pyrrole nitrogens is 1. The third-order valence-electron chi connectivity index (χ3n) is 2.12. The summed E-state index contributed by atoms with van der Waals surface area (Å²) in [5.74, 6) is -0.926. The molecule has 0 aliphatic rings. The molecule has 0 amide bonds. The van der Waals surface area contributed by atoms with Gasteiger partial charge in [0.25, 0.3) is 0 Å². The van der Waals surface area contributed by atoms with Crippen LogP contribution in [0.25, 0.3) is 11.0 Å². The molecular weight excluding hydrogens is 198 g/mol. The number of aliphatic carboxylic acids is 1. The van der Waals surface area contributed by atoms with Gasteiger partial charge in [-0.2, -0.15) is 0 Å². The Kier molecular flexibility index (Phi) is 2.24. The minimum absolute atomic E-state index is 0.0742. The standard InChI is InChI=1S/C9H9N3O3/c13-8(14)2-4-12-7-1-3-10-5-6(7)11-9(12)15/h1,3,5H,2,4H2,(H,11,15)(H,13,14). The lowest BCUT2D eigenvalue weighted by molar-refractivity contribution is -0.137. The number of aromatic amines is 1. The van der Waals surface area contributed by atoms with Gasteiger partial charge in [0.1, 0.15) is 0 Å². The molecule has 0 bridgehead atoms. The Hall–Kier alpha value is -2.11. The van der Waals surface area contributed by atoms with Gasteiger partial charge in [0.15, 0.2) is 0 Å². The highest BCUT2D eigenvalue weighted by molar-refractivity contribution is 5.74. The Morgan fingerprint density at radius 3 is 3.13 bits per heavy atom. The van der Waals surface area contributed by atoms with Crippen LogP contribution >= 0.6 is 0 Å². The Bertz CT molecular complexity index is 555. The van der Waals surface area contributed by atoms with Crippen molar-refractivity contribution < 1.29 is 9.90 Å². The van der Waals surface area contributed by atoms with Gasteiger partial charge < -0.3 is 10.1 Å². The van der Waals surface area contributed by atoms with Crippen LogP contribution in [-0.2, 0) is 11.3 Å². The number of rotatable bonds is 3. The maximum Gasteiger partial charge on any atom is 0.326 e.